The molecular formula is C18H20. The van der Waals surface area contributed by atoms with Crippen LogP contribution in [0.2, 0.25) is 0 Å². The van der Waals surface area contributed by atoms with E-state index in [0.29, 0.717) is 0 Å². The van der Waals surface area contributed by atoms with E-state index in [9.17, 15) is 0 Å². The molecule has 0 nitrogen and oxygen atoms in total. The van der Waals surface area contributed by atoms with Gasteiger partial charge in [0.05, 0.1) is 0 Å². The highest BCUT2D eigenvalue weighted by Gasteiger charge is 2.09. The van der Waals surface area contributed by atoms with E-state index in [1.165, 1.54) is 48.4 Å². The number of hydrogen-bond acceptors (Lipinski definition) is 0. The third kappa shape index (κ3) is 2.64. The molecule has 1 saturated carbocycles. The lowest BCUT2D eigenvalue weighted by molar-refractivity contribution is 0.420. The summed E-state index contributed by atoms with van der Waals surface area (Å²) in [7, 11) is 0. The Morgan fingerprint density at radius 3 is 2.44 bits per heavy atom. The molecule has 0 bridgehead atoms. The average molecular weight is 236 g/mol. The zero-order valence-corrected chi connectivity index (χ0v) is 10.8. The minimum Gasteiger partial charge on any atom is -0.0808 e. The fraction of sp³-hybridized carbons (Fsp3) is 0.333. The monoisotopic (exact) mass is 236 g/mol. The first-order valence-electron chi connectivity index (χ1n) is 7.09. The summed E-state index contributed by atoms with van der Waals surface area (Å²) < 4.78 is 0. The molecule has 2 aromatic carbocycles. The van der Waals surface area contributed by atoms with Gasteiger partial charge in [0.1, 0.15) is 0 Å². The van der Waals surface area contributed by atoms with Crippen molar-refractivity contribution in [1.82, 2.24) is 0 Å². The number of rotatable bonds is 2. The Labute approximate surface area is 109 Å². The molecule has 0 amide bonds. The van der Waals surface area contributed by atoms with Gasteiger partial charge in [0, 0.05) is 0 Å². The van der Waals surface area contributed by atoms with E-state index in [1.54, 1.807) is 0 Å². The van der Waals surface area contributed by atoms with Crippen molar-refractivity contribution in [3.05, 3.63) is 54.1 Å². The molecule has 0 N–H and O–H groups in total. The van der Waals surface area contributed by atoms with Crippen molar-refractivity contribution in [1.29, 1.82) is 0 Å². The van der Waals surface area contributed by atoms with Crippen LogP contribution in [0.15, 0.2) is 48.5 Å². The highest BCUT2D eigenvalue weighted by Crippen LogP contribution is 2.25. The van der Waals surface area contributed by atoms with Crippen molar-refractivity contribution in [2.24, 2.45) is 5.92 Å². The summed E-state index contributed by atoms with van der Waals surface area (Å²) >= 11 is 0. The Balaban J connectivity index is 1.79. The van der Waals surface area contributed by atoms with Crippen LogP contribution in [-0.2, 0) is 0 Å². The van der Waals surface area contributed by atoms with Crippen LogP contribution in [0, 0.1) is 5.92 Å². The van der Waals surface area contributed by atoms with Gasteiger partial charge in [0.15, 0.2) is 0 Å². The molecule has 0 spiro atoms. The van der Waals surface area contributed by atoms with E-state index in [-0.39, 0.29) is 0 Å². The molecule has 0 aliphatic heterocycles. The second-order valence-electron chi connectivity index (χ2n) is 5.36. The molecule has 0 aromatic heterocycles. The van der Waals surface area contributed by atoms with Crippen LogP contribution in [-0.4, -0.2) is 0 Å². The first kappa shape index (κ1) is 11.5. The van der Waals surface area contributed by atoms with Crippen LogP contribution in [0.5, 0.6) is 0 Å². The van der Waals surface area contributed by atoms with Crippen LogP contribution in [0.3, 0.4) is 0 Å². The Hall–Kier alpha value is -1.56. The van der Waals surface area contributed by atoms with E-state index in [4.69, 9.17) is 0 Å². The summed E-state index contributed by atoms with van der Waals surface area (Å²) in [6.45, 7) is 0. The summed E-state index contributed by atoms with van der Waals surface area (Å²) in [6.07, 6.45) is 11.7. The average Bonchev–Trinajstić information content (AvgIpc) is 2.46. The lowest BCUT2D eigenvalue weighted by atomic mass is 9.88. The third-order valence-corrected chi connectivity index (χ3v) is 3.98. The molecule has 0 heterocycles. The molecule has 0 radical (unpaired) electrons. The second kappa shape index (κ2) is 5.39. The van der Waals surface area contributed by atoms with Gasteiger partial charge in [-0.3, -0.25) is 0 Å². The molecule has 0 atom stereocenters. The van der Waals surface area contributed by atoms with Gasteiger partial charge in [-0.15, -0.1) is 0 Å². The fourth-order valence-electron chi connectivity index (χ4n) is 2.89. The van der Waals surface area contributed by atoms with Gasteiger partial charge < -0.3 is 0 Å². The minimum absolute atomic E-state index is 0.810. The first-order valence-corrected chi connectivity index (χ1v) is 7.09. The molecular weight excluding hydrogens is 216 g/mol. The Bertz CT molecular complexity index is 545. The number of allylic oxidation sites excluding steroid dienone is 1. The molecule has 1 aliphatic carbocycles. The van der Waals surface area contributed by atoms with E-state index < -0.39 is 0 Å². The van der Waals surface area contributed by atoms with Crippen molar-refractivity contribution in [3.8, 4) is 0 Å². The SMILES string of the molecule is C(=CC1CCCCC1)c1ccc2ccccc2c1. The maximum absolute atomic E-state index is 2.42. The van der Waals surface area contributed by atoms with Crippen LogP contribution in [0.25, 0.3) is 16.8 Å². The summed E-state index contributed by atoms with van der Waals surface area (Å²) in [5, 5.41) is 2.66. The molecule has 0 heteroatoms. The predicted octanol–water partition coefficient (Wildman–Crippen LogP) is 5.43. The van der Waals surface area contributed by atoms with Gasteiger partial charge in [-0.05, 0) is 41.2 Å². The van der Waals surface area contributed by atoms with Crippen LogP contribution in [0.4, 0.5) is 0 Å². The first-order chi connectivity index (χ1) is 8.92. The van der Waals surface area contributed by atoms with Gasteiger partial charge in [-0.1, -0.05) is 67.8 Å². The molecule has 1 fully saturated rings. The molecule has 1 aliphatic rings. The molecule has 0 saturated heterocycles. The maximum atomic E-state index is 2.42. The zero-order valence-electron chi connectivity index (χ0n) is 10.8. The molecule has 3 rings (SSSR count). The Morgan fingerprint density at radius 2 is 1.61 bits per heavy atom. The van der Waals surface area contributed by atoms with Crippen LogP contribution < -0.4 is 0 Å². The Kier molecular flexibility index (Phi) is 3.45. The summed E-state index contributed by atoms with van der Waals surface area (Å²) in [5.74, 6) is 0.810. The van der Waals surface area contributed by atoms with Gasteiger partial charge in [0.25, 0.3) is 0 Å². The molecule has 18 heavy (non-hydrogen) atoms. The number of fused-ring (bicyclic) bond motifs is 1. The topological polar surface area (TPSA) is 0 Å². The zero-order chi connectivity index (χ0) is 12.2. The summed E-state index contributed by atoms with van der Waals surface area (Å²) in [5.41, 5.74) is 1.33. The summed E-state index contributed by atoms with van der Waals surface area (Å²) in [6, 6.07) is 15.3. The smallest absolute Gasteiger partial charge is 0.0178 e. The molecule has 0 unspecified atom stereocenters. The molecule has 92 valence electrons. The van der Waals surface area contributed by atoms with Crippen molar-refractivity contribution >= 4 is 16.8 Å². The fourth-order valence-corrected chi connectivity index (χ4v) is 2.89. The predicted molar refractivity (Wildman–Crippen MR) is 79.6 cm³/mol. The largest absolute Gasteiger partial charge is 0.0808 e. The minimum atomic E-state index is 0.810. The third-order valence-electron chi connectivity index (χ3n) is 3.98. The lowest BCUT2D eigenvalue weighted by Gasteiger charge is -2.17. The number of benzene rings is 2. The highest BCUT2D eigenvalue weighted by molar-refractivity contribution is 5.84. The molecule has 2 aromatic rings. The normalized spacial score (nSPS) is 17.6. The second-order valence-corrected chi connectivity index (χ2v) is 5.36. The van der Waals surface area contributed by atoms with E-state index in [1.807, 2.05) is 0 Å². The maximum Gasteiger partial charge on any atom is -0.0178 e. The summed E-state index contributed by atoms with van der Waals surface area (Å²) in [4.78, 5) is 0. The highest BCUT2D eigenvalue weighted by atomic mass is 14.1. The van der Waals surface area contributed by atoms with Crippen molar-refractivity contribution in [3.63, 3.8) is 0 Å². The van der Waals surface area contributed by atoms with E-state index in [0.717, 1.165) is 5.92 Å². The number of hydrogen-bond donors (Lipinski definition) is 0. The van der Waals surface area contributed by atoms with E-state index >= 15 is 0 Å². The van der Waals surface area contributed by atoms with Crippen molar-refractivity contribution < 1.29 is 0 Å². The van der Waals surface area contributed by atoms with Crippen molar-refractivity contribution in [2.45, 2.75) is 32.1 Å². The quantitative estimate of drug-likeness (QED) is 0.652. The van der Waals surface area contributed by atoms with Gasteiger partial charge >= 0.3 is 0 Å². The van der Waals surface area contributed by atoms with Gasteiger partial charge in [0.2, 0.25) is 0 Å². The van der Waals surface area contributed by atoms with Crippen molar-refractivity contribution in [2.75, 3.05) is 0 Å². The lowest BCUT2D eigenvalue weighted by Crippen LogP contribution is -2.02. The Morgan fingerprint density at radius 1 is 0.833 bits per heavy atom. The van der Waals surface area contributed by atoms with Crippen LogP contribution >= 0.6 is 0 Å². The van der Waals surface area contributed by atoms with Crippen LogP contribution in [0.1, 0.15) is 37.7 Å². The standard InChI is InChI=1S/C18H20/c1-2-6-15(7-3-1)10-11-16-12-13-17-8-4-5-9-18(17)14-16/h4-5,8-15H,1-3,6-7H2. The van der Waals surface area contributed by atoms with Gasteiger partial charge in [-0.25, -0.2) is 0 Å². The van der Waals surface area contributed by atoms with Gasteiger partial charge in [-0.2, -0.15) is 0 Å². The van der Waals surface area contributed by atoms with E-state index in [2.05, 4.69) is 54.6 Å².